The zero-order valence-corrected chi connectivity index (χ0v) is 12.4. The van der Waals surface area contributed by atoms with Crippen molar-refractivity contribution in [3.8, 4) is 5.88 Å². The topological polar surface area (TPSA) is 68.7 Å². The lowest BCUT2D eigenvalue weighted by atomic mass is 9.86. The summed E-state index contributed by atoms with van der Waals surface area (Å²) in [5, 5.41) is 10.6. The summed E-state index contributed by atoms with van der Waals surface area (Å²) in [6.45, 7) is 1.92. The highest BCUT2D eigenvalue weighted by Gasteiger charge is 2.37. The number of methoxy groups -OCH3 is 1. The van der Waals surface area contributed by atoms with Crippen molar-refractivity contribution in [3.63, 3.8) is 0 Å². The number of hydrogen-bond donors (Lipinski definition) is 1. The van der Waals surface area contributed by atoms with E-state index in [0.29, 0.717) is 27.1 Å². The van der Waals surface area contributed by atoms with E-state index < -0.39 is 11.6 Å². The van der Waals surface area contributed by atoms with Crippen LogP contribution in [0, 0.1) is 3.70 Å². The lowest BCUT2D eigenvalue weighted by molar-refractivity contribution is -0.149. The molecule has 2 heterocycles. The largest absolute Gasteiger partial charge is 0.481 e. The average molecular weight is 363 g/mol. The van der Waals surface area contributed by atoms with Gasteiger partial charge in [-0.2, -0.15) is 0 Å². The second-order valence-electron chi connectivity index (χ2n) is 4.20. The third kappa shape index (κ3) is 2.31. The van der Waals surface area contributed by atoms with Crippen molar-refractivity contribution in [2.45, 2.75) is 32.0 Å². The molecule has 0 fully saturated rings. The summed E-state index contributed by atoms with van der Waals surface area (Å²) < 4.78 is 11.0. The Morgan fingerprint density at radius 1 is 1.67 bits per heavy atom. The Labute approximate surface area is 119 Å². The maximum absolute atomic E-state index is 11.6. The Balaban J connectivity index is 2.65. The highest BCUT2D eigenvalue weighted by molar-refractivity contribution is 14.1. The molecule has 1 atom stereocenters. The summed E-state index contributed by atoms with van der Waals surface area (Å²) in [6, 6.07) is 1.78. The molecule has 6 heteroatoms. The molecule has 0 aliphatic carbocycles. The van der Waals surface area contributed by atoms with Crippen molar-refractivity contribution in [3.05, 3.63) is 20.9 Å². The summed E-state index contributed by atoms with van der Waals surface area (Å²) in [5.74, 6) is -0.00825. The van der Waals surface area contributed by atoms with E-state index in [2.05, 4.69) is 27.6 Å². The number of aromatic nitrogens is 1. The Bertz CT molecular complexity index is 491. The van der Waals surface area contributed by atoms with Crippen LogP contribution < -0.4 is 4.74 Å². The average Bonchev–Trinajstić information content (AvgIpc) is 2.47. The number of rotatable bonds is 2. The number of hydrogen-bond acceptors (Lipinski definition) is 5. The molecule has 98 valence electrons. The molecule has 1 aliphatic heterocycles. The second-order valence-corrected chi connectivity index (χ2v) is 5.31. The first-order valence-corrected chi connectivity index (χ1v) is 6.70. The molecule has 0 saturated heterocycles. The fraction of sp³-hybridized carbons (Fsp3) is 0.500. The fourth-order valence-corrected chi connectivity index (χ4v) is 2.63. The summed E-state index contributed by atoms with van der Waals surface area (Å²) in [6.07, 6.45) is 0.387. The molecule has 0 saturated carbocycles. The number of cyclic esters (lactones) is 1. The van der Waals surface area contributed by atoms with Gasteiger partial charge in [-0.25, -0.2) is 4.98 Å². The van der Waals surface area contributed by atoms with E-state index in [-0.39, 0.29) is 13.0 Å². The van der Waals surface area contributed by atoms with E-state index in [9.17, 15) is 9.90 Å². The minimum atomic E-state index is -1.21. The Morgan fingerprint density at radius 2 is 2.39 bits per heavy atom. The van der Waals surface area contributed by atoms with Gasteiger partial charge in [-0.05, 0) is 40.6 Å². The van der Waals surface area contributed by atoms with Crippen LogP contribution in [-0.2, 0) is 21.7 Å². The molecule has 0 aromatic carbocycles. The molecule has 2 rings (SSSR count). The molecule has 1 aromatic heterocycles. The number of esters is 1. The maximum atomic E-state index is 11.6. The summed E-state index contributed by atoms with van der Waals surface area (Å²) in [4.78, 5) is 15.8. The van der Waals surface area contributed by atoms with Crippen LogP contribution in [0.25, 0.3) is 0 Å². The van der Waals surface area contributed by atoms with Crippen molar-refractivity contribution in [2.75, 3.05) is 7.11 Å². The van der Waals surface area contributed by atoms with Gasteiger partial charge in [0, 0.05) is 0 Å². The molecule has 18 heavy (non-hydrogen) atoms. The molecule has 0 spiro atoms. The molecule has 1 aromatic rings. The molecule has 0 radical (unpaired) electrons. The number of carbonyl (C=O) groups excluding carboxylic acids is 1. The Hall–Kier alpha value is -0.890. The molecule has 1 N–H and O–H groups in total. The zero-order valence-electron chi connectivity index (χ0n) is 10.2. The van der Waals surface area contributed by atoms with Gasteiger partial charge in [0.15, 0.2) is 0 Å². The molecule has 0 amide bonds. The van der Waals surface area contributed by atoms with Gasteiger partial charge in [-0.1, -0.05) is 6.92 Å². The van der Waals surface area contributed by atoms with Crippen LogP contribution in [0.4, 0.5) is 0 Å². The maximum Gasteiger partial charge on any atom is 0.309 e. The van der Waals surface area contributed by atoms with Crippen LogP contribution in [0.3, 0.4) is 0 Å². The molecule has 1 aliphatic rings. The number of aliphatic hydroxyl groups is 1. The first kappa shape index (κ1) is 13.5. The van der Waals surface area contributed by atoms with Crippen molar-refractivity contribution in [2.24, 2.45) is 0 Å². The number of ether oxygens (including phenoxy) is 2. The van der Waals surface area contributed by atoms with Crippen LogP contribution in [0.2, 0.25) is 0 Å². The molecular weight excluding hydrogens is 349 g/mol. The molecule has 5 nitrogen and oxygen atoms in total. The van der Waals surface area contributed by atoms with E-state index in [4.69, 9.17) is 9.47 Å². The Morgan fingerprint density at radius 3 is 3.00 bits per heavy atom. The van der Waals surface area contributed by atoms with Crippen LogP contribution in [-0.4, -0.2) is 23.2 Å². The molecule has 1 unspecified atom stereocenters. The minimum Gasteiger partial charge on any atom is -0.481 e. The van der Waals surface area contributed by atoms with Gasteiger partial charge < -0.3 is 14.6 Å². The molecular formula is C12H14INO4. The number of halogens is 1. The lowest BCUT2D eigenvalue weighted by Crippen LogP contribution is -2.28. The van der Waals surface area contributed by atoms with Gasteiger partial charge in [0.25, 0.3) is 0 Å². The summed E-state index contributed by atoms with van der Waals surface area (Å²) in [7, 11) is 1.51. The highest BCUT2D eigenvalue weighted by atomic mass is 127. The van der Waals surface area contributed by atoms with E-state index in [1.165, 1.54) is 7.11 Å². The number of fused-ring (bicyclic) bond motifs is 1. The first-order valence-electron chi connectivity index (χ1n) is 5.62. The Kier molecular flexibility index (Phi) is 3.76. The standard InChI is InChI=1S/C12H14INO4/c1-3-12(16)5-10(15)18-6-7-8(12)4-9(13)14-11(7)17-2/h4,16H,3,5-6H2,1-2H3. The monoisotopic (exact) mass is 363 g/mol. The number of nitrogens with zero attached hydrogens (tertiary/aromatic N) is 1. The van der Waals surface area contributed by atoms with Crippen molar-refractivity contribution in [1.82, 2.24) is 4.98 Å². The fourth-order valence-electron chi connectivity index (χ4n) is 2.09. The van der Waals surface area contributed by atoms with Gasteiger partial charge in [-0.15, -0.1) is 0 Å². The van der Waals surface area contributed by atoms with Gasteiger partial charge in [0.2, 0.25) is 5.88 Å². The summed E-state index contributed by atoms with van der Waals surface area (Å²) in [5.41, 5.74) is 0.110. The van der Waals surface area contributed by atoms with Gasteiger partial charge in [-0.3, -0.25) is 4.79 Å². The predicted molar refractivity (Wildman–Crippen MR) is 72.1 cm³/mol. The smallest absolute Gasteiger partial charge is 0.309 e. The normalized spacial score (nSPS) is 23.0. The quantitative estimate of drug-likeness (QED) is 0.493. The third-order valence-electron chi connectivity index (χ3n) is 3.15. The van der Waals surface area contributed by atoms with Gasteiger partial charge >= 0.3 is 5.97 Å². The van der Waals surface area contributed by atoms with Crippen LogP contribution in [0.15, 0.2) is 6.07 Å². The van der Waals surface area contributed by atoms with Gasteiger partial charge in [0.1, 0.15) is 15.9 Å². The van der Waals surface area contributed by atoms with Crippen molar-refractivity contribution >= 4 is 28.6 Å². The highest BCUT2D eigenvalue weighted by Crippen LogP contribution is 2.38. The third-order valence-corrected chi connectivity index (χ3v) is 3.70. The van der Waals surface area contributed by atoms with Crippen LogP contribution in [0.1, 0.15) is 30.9 Å². The van der Waals surface area contributed by atoms with Crippen LogP contribution in [0.5, 0.6) is 5.88 Å². The number of carbonyl (C=O) groups is 1. The SMILES string of the molecule is CCC1(O)CC(=O)OCc2c1cc(I)nc2OC. The van der Waals surface area contributed by atoms with Crippen molar-refractivity contribution < 1.29 is 19.4 Å². The van der Waals surface area contributed by atoms with Gasteiger partial charge in [0.05, 0.1) is 19.1 Å². The lowest BCUT2D eigenvalue weighted by Gasteiger charge is -2.26. The first-order chi connectivity index (χ1) is 8.50. The van der Waals surface area contributed by atoms with E-state index in [1.807, 2.05) is 6.92 Å². The predicted octanol–water partition coefficient (Wildman–Crippen LogP) is 1.74. The summed E-state index contributed by atoms with van der Waals surface area (Å²) >= 11 is 2.06. The molecule has 0 bridgehead atoms. The van der Waals surface area contributed by atoms with Crippen molar-refractivity contribution in [1.29, 1.82) is 0 Å². The van der Waals surface area contributed by atoms with Crippen LogP contribution >= 0.6 is 22.6 Å². The zero-order chi connectivity index (χ0) is 13.3. The van der Waals surface area contributed by atoms with E-state index >= 15 is 0 Å². The number of pyridine rings is 1. The van der Waals surface area contributed by atoms with E-state index in [1.54, 1.807) is 6.07 Å². The second kappa shape index (κ2) is 5.00. The minimum absolute atomic E-state index is 0.0419. The van der Waals surface area contributed by atoms with E-state index in [0.717, 1.165) is 0 Å².